The Hall–Kier alpha value is -3.63. The van der Waals surface area contributed by atoms with Crippen molar-refractivity contribution in [2.24, 2.45) is 0 Å². The van der Waals surface area contributed by atoms with Crippen LogP contribution in [0.1, 0.15) is 45.4 Å². The lowest BCUT2D eigenvalue weighted by molar-refractivity contribution is -0.126. The van der Waals surface area contributed by atoms with Crippen LogP contribution < -0.4 is 10.1 Å². The molecule has 0 aliphatic carbocycles. The maximum absolute atomic E-state index is 12.5. The average molecular weight is 474 g/mol. The first-order valence-electron chi connectivity index (χ1n) is 11.3. The standard InChI is InChI=1S/C27H27N3O3S/c1-33-23-9-5-8-21(18-23)12-15-28-26(32)24-19-34-27(29-24)22-13-16-30(17-14-22)25(31)11-10-20-6-3-2-4-7-20/h2-9,18-19,22H,12-17H2,1H3,(H,28,32). The summed E-state index contributed by atoms with van der Waals surface area (Å²) in [5, 5.41) is 5.72. The van der Waals surface area contributed by atoms with E-state index in [2.05, 4.69) is 22.1 Å². The topological polar surface area (TPSA) is 71.5 Å². The van der Waals surface area contributed by atoms with Crippen LogP contribution in [-0.4, -0.2) is 48.4 Å². The minimum Gasteiger partial charge on any atom is -0.497 e. The quantitative estimate of drug-likeness (QED) is 0.552. The number of benzene rings is 2. The first kappa shape index (κ1) is 23.5. The number of nitrogens with one attached hydrogen (secondary N) is 1. The van der Waals surface area contributed by atoms with E-state index in [1.54, 1.807) is 12.0 Å². The van der Waals surface area contributed by atoms with Gasteiger partial charge in [-0.15, -0.1) is 11.3 Å². The molecule has 1 aliphatic heterocycles. The van der Waals surface area contributed by atoms with Crippen molar-refractivity contribution in [3.8, 4) is 17.6 Å². The van der Waals surface area contributed by atoms with Gasteiger partial charge in [0.1, 0.15) is 11.4 Å². The molecule has 1 saturated heterocycles. The zero-order valence-corrected chi connectivity index (χ0v) is 19.9. The molecule has 0 saturated carbocycles. The molecule has 1 fully saturated rings. The Morgan fingerprint density at radius 1 is 1.15 bits per heavy atom. The summed E-state index contributed by atoms with van der Waals surface area (Å²) in [7, 11) is 1.64. The Kier molecular flexibility index (Phi) is 7.95. The number of likely N-dealkylation sites (tertiary alicyclic amines) is 1. The highest BCUT2D eigenvalue weighted by Crippen LogP contribution is 2.30. The summed E-state index contributed by atoms with van der Waals surface area (Å²) < 4.78 is 5.24. The number of carbonyl (C=O) groups is 2. The fourth-order valence-electron chi connectivity index (χ4n) is 3.87. The van der Waals surface area contributed by atoms with Gasteiger partial charge < -0.3 is 15.0 Å². The summed E-state index contributed by atoms with van der Waals surface area (Å²) in [6.07, 6.45) is 2.37. The van der Waals surface area contributed by atoms with E-state index in [1.165, 1.54) is 11.3 Å². The lowest BCUT2D eigenvalue weighted by Gasteiger charge is -2.29. The highest BCUT2D eigenvalue weighted by Gasteiger charge is 2.25. The van der Waals surface area contributed by atoms with E-state index in [9.17, 15) is 9.59 Å². The zero-order chi connectivity index (χ0) is 23.8. The summed E-state index contributed by atoms with van der Waals surface area (Å²) in [5.41, 5.74) is 2.40. The highest BCUT2D eigenvalue weighted by atomic mass is 32.1. The van der Waals surface area contributed by atoms with Crippen molar-refractivity contribution in [3.63, 3.8) is 0 Å². The van der Waals surface area contributed by atoms with Gasteiger partial charge in [-0.05, 0) is 49.1 Å². The van der Waals surface area contributed by atoms with Gasteiger partial charge in [-0.3, -0.25) is 9.59 Å². The van der Waals surface area contributed by atoms with Crippen LogP contribution >= 0.6 is 11.3 Å². The van der Waals surface area contributed by atoms with Crippen LogP contribution in [0, 0.1) is 11.8 Å². The second-order valence-corrected chi connectivity index (χ2v) is 9.00. The van der Waals surface area contributed by atoms with Gasteiger partial charge in [0.2, 0.25) is 0 Å². The van der Waals surface area contributed by atoms with E-state index < -0.39 is 0 Å². The lowest BCUT2D eigenvalue weighted by atomic mass is 9.97. The normalized spacial score (nSPS) is 13.6. The molecule has 174 valence electrons. The van der Waals surface area contributed by atoms with Gasteiger partial charge >= 0.3 is 0 Å². The Balaban J connectivity index is 1.24. The predicted molar refractivity (Wildman–Crippen MR) is 133 cm³/mol. The van der Waals surface area contributed by atoms with Crippen LogP contribution in [0.4, 0.5) is 0 Å². The molecule has 0 unspecified atom stereocenters. The number of amides is 2. The number of ether oxygens (including phenoxy) is 1. The smallest absolute Gasteiger partial charge is 0.298 e. The molecule has 34 heavy (non-hydrogen) atoms. The van der Waals surface area contributed by atoms with Crippen LogP contribution in [0.3, 0.4) is 0 Å². The Morgan fingerprint density at radius 3 is 2.71 bits per heavy atom. The number of hydrogen-bond acceptors (Lipinski definition) is 5. The molecule has 4 rings (SSSR count). The number of hydrogen-bond donors (Lipinski definition) is 1. The highest BCUT2D eigenvalue weighted by molar-refractivity contribution is 7.09. The van der Waals surface area contributed by atoms with Gasteiger partial charge in [-0.2, -0.15) is 0 Å². The van der Waals surface area contributed by atoms with Gasteiger partial charge in [-0.25, -0.2) is 4.98 Å². The van der Waals surface area contributed by atoms with Crippen LogP contribution in [-0.2, 0) is 11.2 Å². The lowest BCUT2D eigenvalue weighted by Crippen LogP contribution is -2.37. The molecular formula is C27H27N3O3S. The van der Waals surface area contributed by atoms with E-state index in [0.717, 1.165) is 41.1 Å². The maximum Gasteiger partial charge on any atom is 0.298 e. The minimum absolute atomic E-state index is 0.141. The molecule has 1 aliphatic rings. The van der Waals surface area contributed by atoms with Crippen molar-refractivity contribution in [3.05, 3.63) is 81.8 Å². The molecule has 1 aromatic heterocycles. The Bertz CT molecular complexity index is 1190. The van der Waals surface area contributed by atoms with Crippen molar-refractivity contribution in [1.29, 1.82) is 0 Å². The fourth-order valence-corrected chi connectivity index (χ4v) is 4.85. The van der Waals surface area contributed by atoms with E-state index in [-0.39, 0.29) is 17.7 Å². The minimum atomic E-state index is -0.158. The summed E-state index contributed by atoms with van der Waals surface area (Å²) >= 11 is 1.52. The summed E-state index contributed by atoms with van der Waals surface area (Å²) in [5.74, 6) is 6.44. The first-order valence-corrected chi connectivity index (χ1v) is 12.2. The van der Waals surface area contributed by atoms with Crippen LogP contribution in [0.2, 0.25) is 0 Å². The SMILES string of the molecule is COc1cccc(CCNC(=O)c2csc(C3CCN(C(=O)C#Cc4ccccc4)CC3)n2)c1. The molecule has 2 aromatic carbocycles. The molecule has 7 heteroatoms. The number of piperidine rings is 1. The molecule has 0 atom stereocenters. The Labute approximate surface area is 204 Å². The molecule has 0 spiro atoms. The third-order valence-electron chi connectivity index (χ3n) is 5.81. The molecule has 6 nitrogen and oxygen atoms in total. The van der Waals surface area contributed by atoms with E-state index >= 15 is 0 Å². The van der Waals surface area contributed by atoms with Crippen LogP contribution in [0.25, 0.3) is 0 Å². The van der Waals surface area contributed by atoms with Crippen molar-refractivity contribution in [2.75, 3.05) is 26.7 Å². The van der Waals surface area contributed by atoms with Crippen molar-refractivity contribution in [2.45, 2.75) is 25.2 Å². The van der Waals surface area contributed by atoms with Gasteiger partial charge in [0.05, 0.1) is 12.1 Å². The molecular weight excluding hydrogens is 446 g/mol. The third kappa shape index (κ3) is 6.24. The van der Waals surface area contributed by atoms with Crippen LogP contribution in [0.5, 0.6) is 5.75 Å². The van der Waals surface area contributed by atoms with E-state index in [4.69, 9.17) is 4.74 Å². The third-order valence-corrected chi connectivity index (χ3v) is 6.81. The number of aromatic nitrogens is 1. The summed E-state index contributed by atoms with van der Waals surface area (Å²) in [6.45, 7) is 1.83. The monoisotopic (exact) mass is 473 g/mol. The fraction of sp³-hybridized carbons (Fsp3) is 0.296. The number of carbonyl (C=O) groups excluding carboxylic acids is 2. The summed E-state index contributed by atoms with van der Waals surface area (Å²) in [4.78, 5) is 31.3. The number of thiazole rings is 1. The summed E-state index contributed by atoms with van der Waals surface area (Å²) in [6, 6.07) is 17.3. The van der Waals surface area contributed by atoms with Gasteiger partial charge in [-0.1, -0.05) is 36.3 Å². The molecule has 0 radical (unpaired) electrons. The largest absolute Gasteiger partial charge is 0.497 e. The van der Waals surface area contributed by atoms with E-state index in [1.807, 2.05) is 60.0 Å². The average Bonchev–Trinajstić information content (AvgIpc) is 3.39. The number of rotatable bonds is 6. The number of nitrogens with zero attached hydrogens (tertiary/aromatic N) is 2. The first-order chi connectivity index (χ1) is 16.6. The molecule has 2 amide bonds. The number of methoxy groups -OCH3 is 1. The van der Waals surface area contributed by atoms with Crippen molar-refractivity contribution in [1.82, 2.24) is 15.2 Å². The van der Waals surface area contributed by atoms with Gasteiger partial charge in [0, 0.05) is 42.4 Å². The molecule has 1 N–H and O–H groups in total. The molecule has 2 heterocycles. The van der Waals surface area contributed by atoms with Gasteiger partial charge in [0.25, 0.3) is 11.8 Å². The maximum atomic E-state index is 12.5. The molecule has 0 bridgehead atoms. The van der Waals surface area contributed by atoms with Crippen molar-refractivity contribution >= 4 is 23.2 Å². The van der Waals surface area contributed by atoms with Gasteiger partial charge in [0.15, 0.2) is 0 Å². The van der Waals surface area contributed by atoms with Crippen LogP contribution in [0.15, 0.2) is 60.0 Å². The second kappa shape index (κ2) is 11.5. The second-order valence-electron chi connectivity index (χ2n) is 8.11. The predicted octanol–water partition coefficient (Wildman–Crippen LogP) is 3.88. The van der Waals surface area contributed by atoms with E-state index in [0.29, 0.717) is 25.3 Å². The Morgan fingerprint density at radius 2 is 1.94 bits per heavy atom. The molecule has 3 aromatic rings. The zero-order valence-electron chi connectivity index (χ0n) is 19.1. The van der Waals surface area contributed by atoms with Crippen molar-refractivity contribution < 1.29 is 14.3 Å².